The van der Waals surface area contributed by atoms with E-state index in [4.69, 9.17) is 4.74 Å². The van der Waals surface area contributed by atoms with Crippen LogP contribution in [0.1, 0.15) is 11.1 Å². The van der Waals surface area contributed by atoms with Crippen LogP contribution in [0.3, 0.4) is 0 Å². The lowest BCUT2D eigenvalue weighted by Crippen LogP contribution is -2.15. The Bertz CT molecular complexity index is 772. The zero-order valence-corrected chi connectivity index (χ0v) is 12.8. The van der Waals surface area contributed by atoms with Crippen molar-refractivity contribution in [3.05, 3.63) is 53.3 Å². The predicted octanol–water partition coefficient (Wildman–Crippen LogP) is 3.25. The number of hydrogen-bond donors (Lipinski definition) is 1. The van der Waals surface area contributed by atoms with Gasteiger partial charge in [0.15, 0.2) is 0 Å². The molecule has 4 nitrogen and oxygen atoms in total. The molecule has 0 saturated carbocycles. The monoisotopic (exact) mass is 309 g/mol. The van der Waals surface area contributed by atoms with Crippen LogP contribution >= 0.6 is 0 Å². The summed E-state index contributed by atoms with van der Waals surface area (Å²) in [6.45, 7) is 3.72. The lowest BCUT2D eigenvalue weighted by molar-refractivity contribution is 0.401. The number of ether oxygens (including phenoxy) is 1. The second-order valence-electron chi connectivity index (χ2n) is 4.72. The van der Waals surface area contributed by atoms with Gasteiger partial charge in [0.1, 0.15) is 16.5 Å². The Morgan fingerprint density at radius 1 is 1.10 bits per heavy atom. The Balaban J connectivity index is 2.45. The minimum atomic E-state index is -3.93. The normalized spacial score (nSPS) is 11.2. The maximum absolute atomic E-state index is 13.3. The van der Waals surface area contributed by atoms with E-state index in [0.29, 0.717) is 5.69 Å². The number of benzene rings is 2. The van der Waals surface area contributed by atoms with E-state index < -0.39 is 15.8 Å². The fourth-order valence-corrected chi connectivity index (χ4v) is 3.30. The zero-order valence-electron chi connectivity index (χ0n) is 12.0. The van der Waals surface area contributed by atoms with Crippen molar-refractivity contribution in [1.82, 2.24) is 0 Å². The molecule has 0 aliphatic heterocycles. The third-order valence-corrected chi connectivity index (χ3v) is 4.43. The average Bonchev–Trinajstić information content (AvgIpc) is 2.42. The molecular weight excluding hydrogens is 293 g/mol. The van der Waals surface area contributed by atoms with E-state index in [1.165, 1.54) is 13.2 Å². The summed E-state index contributed by atoms with van der Waals surface area (Å²) >= 11 is 0. The first kappa shape index (κ1) is 15.3. The van der Waals surface area contributed by atoms with Gasteiger partial charge in [0.2, 0.25) is 0 Å². The minimum absolute atomic E-state index is 0.0914. The Morgan fingerprint density at radius 3 is 2.43 bits per heavy atom. The molecule has 0 heterocycles. The van der Waals surface area contributed by atoms with Crippen LogP contribution in [0.2, 0.25) is 0 Å². The summed E-state index contributed by atoms with van der Waals surface area (Å²) in [5, 5.41) is 0. The molecule has 6 heteroatoms. The molecule has 2 aromatic carbocycles. The fourth-order valence-electron chi connectivity index (χ4n) is 1.99. The van der Waals surface area contributed by atoms with Crippen molar-refractivity contribution < 1.29 is 17.5 Å². The Labute approximate surface area is 123 Å². The van der Waals surface area contributed by atoms with Crippen LogP contribution in [0, 0.1) is 19.7 Å². The quantitative estimate of drug-likeness (QED) is 0.943. The summed E-state index contributed by atoms with van der Waals surface area (Å²) in [5.74, 6) is -0.550. The van der Waals surface area contributed by atoms with E-state index >= 15 is 0 Å². The smallest absolute Gasteiger partial charge is 0.265 e. The maximum atomic E-state index is 13.3. The van der Waals surface area contributed by atoms with Gasteiger partial charge < -0.3 is 4.74 Å². The van der Waals surface area contributed by atoms with Gasteiger partial charge in [0.05, 0.1) is 12.8 Å². The molecule has 0 fully saturated rings. The number of sulfonamides is 1. The number of halogens is 1. The second kappa shape index (κ2) is 5.73. The second-order valence-corrected chi connectivity index (χ2v) is 6.37. The highest BCUT2D eigenvalue weighted by molar-refractivity contribution is 7.92. The van der Waals surface area contributed by atoms with Gasteiger partial charge >= 0.3 is 0 Å². The summed E-state index contributed by atoms with van der Waals surface area (Å²) < 4.78 is 45.6. The summed E-state index contributed by atoms with van der Waals surface area (Å²) in [5.41, 5.74) is 2.26. The maximum Gasteiger partial charge on any atom is 0.265 e. The molecule has 0 atom stereocenters. The van der Waals surface area contributed by atoms with E-state index in [1.807, 2.05) is 13.0 Å². The average molecular weight is 309 g/mol. The van der Waals surface area contributed by atoms with Gasteiger partial charge in [-0.1, -0.05) is 17.7 Å². The lowest BCUT2D eigenvalue weighted by atomic mass is 10.1. The molecule has 0 saturated heterocycles. The zero-order chi connectivity index (χ0) is 15.6. The standard InChI is InChI=1S/C15H16FNO3S/c1-10-4-6-13(11(2)8-10)17-21(18,19)15-9-12(16)5-7-14(15)20-3/h4-9,17H,1-3H3. The van der Waals surface area contributed by atoms with Crippen LogP contribution in [-0.4, -0.2) is 15.5 Å². The van der Waals surface area contributed by atoms with Crippen molar-refractivity contribution in [3.8, 4) is 5.75 Å². The van der Waals surface area contributed by atoms with Crippen LogP contribution in [0.5, 0.6) is 5.75 Å². The van der Waals surface area contributed by atoms with E-state index in [2.05, 4.69) is 4.72 Å². The number of aryl methyl sites for hydroxylation is 2. The molecule has 0 amide bonds. The van der Waals surface area contributed by atoms with Gasteiger partial charge in [-0.3, -0.25) is 4.72 Å². The van der Waals surface area contributed by atoms with Crippen LogP contribution < -0.4 is 9.46 Å². The molecular formula is C15H16FNO3S. The predicted molar refractivity (Wildman–Crippen MR) is 79.7 cm³/mol. The van der Waals surface area contributed by atoms with E-state index in [0.717, 1.165) is 23.3 Å². The number of hydrogen-bond acceptors (Lipinski definition) is 3. The topological polar surface area (TPSA) is 55.4 Å². The number of methoxy groups -OCH3 is 1. The van der Waals surface area contributed by atoms with Gasteiger partial charge in [-0.05, 0) is 43.7 Å². The van der Waals surface area contributed by atoms with Crippen molar-refractivity contribution in [1.29, 1.82) is 0 Å². The molecule has 0 aromatic heterocycles. The first-order chi connectivity index (χ1) is 9.83. The van der Waals surface area contributed by atoms with Gasteiger partial charge in [-0.15, -0.1) is 0 Å². The van der Waals surface area contributed by atoms with Gasteiger partial charge in [0.25, 0.3) is 10.0 Å². The van der Waals surface area contributed by atoms with Crippen LogP contribution in [-0.2, 0) is 10.0 Å². The SMILES string of the molecule is COc1ccc(F)cc1S(=O)(=O)Nc1ccc(C)cc1C. The van der Waals surface area contributed by atoms with Gasteiger partial charge in [-0.25, -0.2) is 12.8 Å². The van der Waals surface area contributed by atoms with Crippen molar-refractivity contribution in [2.75, 3.05) is 11.8 Å². The van der Waals surface area contributed by atoms with Gasteiger partial charge in [-0.2, -0.15) is 0 Å². The van der Waals surface area contributed by atoms with E-state index in [1.54, 1.807) is 19.1 Å². The van der Waals surface area contributed by atoms with Crippen molar-refractivity contribution in [2.24, 2.45) is 0 Å². The molecule has 2 aromatic rings. The van der Waals surface area contributed by atoms with E-state index in [9.17, 15) is 12.8 Å². The van der Waals surface area contributed by atoms with E-state index in [-0.39, 0.29) is 10.6 Å². The highest BCUT2D eigenvalue weighted by Gasteiger charge is 2.21. The summed E-state index contributed by atoms with van der Waals surface area (Å²) in [7, 11) is -2.59. The largest absolute Gasteiger partial charge is 0.495 e. The molecule has 0 spiro atoms. The molecule has 0 aliphatic carbocycles. The molecule has 112 valence electrons. The van der Waals surface area contributed by atoms with Gasteiger partial charge in [0, 0.05) is 0 Å². The van der Waals surface area contributed by atoms with Crippen molar-refractivity contribution in [2.45, 2.75) is 18.7 Å². The first-order valence-corrected chi connectivity index (χ1v) is 7.75. The first-order valence-electron chi connectivity index (χ1n) is 6.27. The molecule has 0 unspecified atom stereocenters. The number of rotatable bonds is 4. The van der Waals surface area contributed by atoms with Crippen LogP contribution in [0.15, 0.2) is 41.3 Å². The van der Waals surface area contributed by atoms with Crippen LogP contribution in [0.4, 0.5) is 10.1 Å². The molecule has 21 heavy (non-hydrogen) atoms. The minimum Gasteiger partial charge on any atom is -0.495 e. The fraction of sp³-hybridized carbons (Fsp3) is 0.200. The third-order valence-electron chi connectivity index (χ3n) is 3.04. The highest BCUT2D eigenvalue weighted by atomic mass is 32.2. The number of nitrogens with one attached hydrogen (secondary N) is 1. The summed E-state index contributed by atoms with van der Waals surface area (Å²) in [6, 6.07) is 8.70. The van der Waals surface area contributed by atoms with Crippen molar-refractivity contribution >= 4 is 15.7 Å². The summed E-state index contributed by atoms with van der Waals surface area (Å²) in [6.07, 6.45) is 0. The van der Waals surface area contributed by atoms with Crippen LogP contribution in [0.25, 0.3) is 0 Å². The summed E-state index contributed by atoms with van der Waals surface area (Å²) in [4.78, 5) is -0.232. The Morgan fingerprint density at radius 2 is 1.81 bits per heavy atom. The molecule has 0 bridgehead atoms. The Hall–Kier alpha value is -2.08. The van der Waals surface area contributed by atoms with Crippen molar-refractivity contribution in [3.63, 3.8) is 0 Å². The molecule has 2 rings (SSSR count). The lowest BCUT2D eigenvalue weighted by Gasteiger charge is -2.13. The Kier molecular flexibility index (Phi) is 4.18. The third kappa shape index (κ3) is 3.33. The number of anilines is 1. The molecule has 0 aliphatic rings. The molecule has 0 radical (unpaired) electrons. The molecule has 1 N–H and O–H groups in total. The highest BCUT2D eigenvalue weighted by Crippen LogP contribution is 2.27.